The molecule has 1 aromatic heterocycles. The third-order valence-electron chi connectivity index (χ3n) is 5.37. The Bertz CT molecular complexity index is 1050. The summed E-state index contributed by atoms with van der Waals surface area (Å²) in [5.74, 6) is -1.69. The number of phenolic OH excluding ortho intramolecular Hbond substituents is 1. The molecule has 1 fully saturated rings. The van der Waals surface area contributed by atoms with Crippen molar-refractivity contribution in [2.75, 3.05) is 18.5 Å². The van der Waals surface area contributed by atoms with E-state index in [2.05, 4.69) is 20.8 Å². The van der Waals surface area contributed by atoms with E-state index in [1.54, 1.807) is 6.92 Å². The van der Waals surface area contributed by atoms with Gasteiger partial charge in [-0.2, -0.15) is 13.2 Å². The normalized spacial score (nSPS) is 18.6. The fraction of sp³-hybridized carbons (Fsp3) is 0.429. The molecule has 1 saturated heterocycles. The lowest BCUT2D eigenvalue weighted by Gasteiger charge is -2.29. The van der Waals surface area contributed by atoms with Crippen LogP contribution in [0, 0.1) is 6.92 Å². The number of ether oxygens (including phenoxy) is 1. The molecule has 0 saturated carbocycles. The molecular weight excluding hydrogens is 443 g/mol. The molecule has 0 spiro atoms. The number of piperidine rings is 1. The maximum absolute atomic E-state index is 12.9. The quantitative estimate of drug-likeness (QED) is 0.475. The van der Waals surface area contributed by atoms with Crippen molar-refractivity contribution in [1.29, 1.82) is 0 Å². The number of nitrogens with two attached hydrogens (primary N) is 1. The molecule has 1 aliphatic rings. The number of amides is 1. The molecule has 5 N–H and O–H groups in total. The number of rotatable bonds is 6. The van der Waals surface area contributed by atoms with E-state index in [1.807, 2.05) is 0 Å². The molecule has 2 atom stereocenters. The number of phenols is 1. The summed E-state index contributed by atoms with van der Waals surface area (Å²) in [5.41, 5.74) is 4.80. The summed E-state index contributed by atoms with van der Waals surface area (Å²) in [6.45, 7) is 3.92. The van der Waals surface area contributed by atoms with Gasteiger partial charge in [-0.25, -0.2) is 0 Å². The fourth-order valence-electron chi connectivity index (χ4n) is 3.70. The zero-order valence-corrected chi connectivity index (χ0v) is 18.0. The van der Waals surface area contributed by atoms with Gasteiger partial charge in [0.25, 0.3) is 5.91 Å². The van der Waals surface area contributed by atoms with E-state index in [1.165, 1.54) is 6.92 Å². The first-order valence-corrected chi connectivity index (χ1v) is 10.3. The van der Waals surface area contributed by atoms with Crippen molar-refractivity contribution in [3.8, 4) is 17.0 Å². The van der Waals surface area contributed by atoms with Crippen molar-refractivity contribution in [2.45, 2.75) is 44.9 Å². The summed E-state index contributed by atoms with van der Waals surface area (Å²) in [5, 5.41) is 24.3. The highest BCUT2D eigenvalue weighted by molar-refractivity contribution is 6.00. The van der Waals surface area contributed by atoms with Crippen molar-refractivity contribution in [3.63, 3.8) is 0 Å². The maximum Gasteiger partial charge on any atom is 0.416 e. The number of aromatic nitrogens is 2. The molecule has 2 heterocycles. The largest absolute Gasteiger partial charge is 0.507 e. The Morgan fingerprint density at radius 3 is 2.58 bits per heavy atom. The zero-order valence-electron chi connectivity index (χ0n) is 18.0. The summed E-state index contributed by atoms with van der Waals surface area (Å²) < 4.78 is 43.7. The van der Waals surface area contributed by atoms with E-state index in [4.69, 9.17) is 10.5 Å². The third kappa shape index (κ3) is 5.33. The topological polar surface area (TPSA) is 139 Å². The summed E-state index contributed by atoms with van der Waals surface area (Å²) >= 11 is 0. The zero-order chi connectivity index (χ0) is 24.3. The van der Waals surface area contributed by atoms with Gasteiger partial charge in [-0.05, 0) is 50.5 Å². The van der Waals surface area contributed by atoms with Gasteiger partial charge in [-0.3, -0.25) is 9.59 Å². The molecule has 0 unspecified atom stereocenters. The number of primary amides is 1. The summed E-state index contributed by atoms with van der Waals surface area (Å²) in [4.78, 5) is 24.0. The van der Waals surface area contributed by atoms with E-state index in [9.17, 15) is 27.9 Å². The number of nitrogens with one attached hydrogen (secondary N) is 2. The second kappa shape index (κ2) is 9.61. The summed E-state index contributed by atoms with van der Waals surface area (Å²) in [7, 11) is 0. The van der Waals surface area contributed by atoms with E-state index in [-0.39, 0.29) is 46.8 Å². The number of nitrogens with zero attached hydrogens (tertiary/aromatic N) is 2. The van der Waals surface area contributed by atoms with Gasteiger partial charge >= 0.3 is 12.1 Å². The first-order valence-electron chi connectivity index (χ1n) is 10.3. The van der Waals surface area contributed by atoms with Crippen LogP contribution in [-0.4, -0.2) is 52.4 Å². The van der Waals surface area contributed by atoms with Gasteiger partial charge in [-0.15, -0.1) is 10.2 Å². The number of carbonyl (C=O) groups is 2. The minimum Gasteiger partial charge on any atom is -0.507 e. The van der Waals surface area contributed by atoms with Gasteiger partial charge in [0, 0.05) is 18.2 Å². The fourth-order valence-corrected chi connectivity index (χ4v) is 3.70. The molecule has 1 aliphatic heterocycles. The van der Waals surface area contributed by atoms with Gasteiger partial charge in [0.15, 0.2) is 5.82 Å². The highest BCUT2D eigenvalue weighted by Gasteiger charge is 2.32. The van der Waals surface area contributed by atoms with Crippen LogP contribution < -0.4 is 16.4 Å². The molecule has 1 amide bonds. The van der Waals surface area contributed by atoms with Gasteiger partial charge in [-0.1, -0.05) is 0 Å². The number of esters is 1. The minimum absolute atomic E-state index is 0.00631. The van der Waals surface area contributed by atoms with Crippen LogP contribution in [0.25, 0.3) is 11.3 Å². The molecule has 0 bridgehead atoms. The highest BCUT2D eigenvalue weighted by Crippen LogP contribution is 2.37. The number of carbonyl (C=O) groups excluding carboxylic acids is 2. The smallest absolute Gasteiger partial charge is 0.416 e. The predicted molar refractivity (Wildman–Crippen MR) is 112 cm³/mol. The van der Waals surface area contributed by atoms with Crippen molar-refractivity contribution >= 4 is 17.7 Å². The standard InChI is InChI=1S/C21H24F3N5O4/c1-3-33-20(32)14-7-5-12(9-26-14)27-19-16(18(25)31)10(2)17(28-29-19)13-6-4-11(8-15(13)30)21(22,23)24/h4,6,8,12,14,26,30H,3,5,7,9H2,1-2H3,(H2,25,31)(H,27,29)/t12-,14+/m1/s1. The van der Waals surface area contributed by atoms with Crippen LogP contribution in [0.2, 0.25) is 0 Å². The molecular formula is C21H24F3N5O4. The highest BCUT2D eigenvalue weighted by atomic mass is 19.4. The predicted octanol–water partition coefficient (Wildman–Crippen LogP) is 2.37. The molecule has 178 valence electrons. The van der Waals surface area contributed by atoms with Crippen molar-refractivity contribution in [3.05, 3.63) is 34.9 Å². The van der Waals surface area contributed by atoms with Crippen LogP contribution in [0.15, 0.2) is 18.2 Å². The summed E-state index contributed by atoms with van der Waals surface area (Å²) in [6.07, 6.45) is -3.54. The number of hydrogen-bond acceptors (Lipinski definition) is 8. The van der Waals surface area contributed by atoms with E-state index < -0.39 is 29.4 Å². The SMILES string of the molecule is CCOC(=O)[C@@H]1CC[C@@H](Nc2nnc(-c3ccc(C(F)(F)F)cc3O)c(C)c2C(N)=O)CN1. The molecule has 1 aromatic carbocycles. The average molecular weight is 467 g/mol. The van der Waals surface area contributed by atoms with Crippen molar-refractivity contribution in [2.24, 2.45) is 5.73 Å². The van der Waals surface area contributed by atoms with Gasteiger partial charge in [0.1, 0.15) is 17.5 Å². The Hall–Kier alpha value is -3.41. The molecule has 0 radical (unpaired) electrons. The lowest BCUT2D eigenvalue weighted by molar-refractivity contribution is -0.146. The first-order chi connectivity index (χ1) is 15.5. The van der Waals surface area contributed by atoms with E-state index in [0.717, 1.165) is 12.1 Å². The van der Waals surface area contributed by atoms with Crippen LogP contribution in [0.3, 0.4) is 0 Å². The molecule has 33 heavy (non-hydrogen) atoms. The van der Waals surface area contributed by atoms with Crippen LogP contribution in [-0.2, 0) is 15.7 Å². The molecule has 3 rings (SSSR count). The lowest BCUT2D eigenvalue weighted by Crippen LogP contribution is -2.49. The van der Waals surface area contributed by atoms with Crippen LogP contribution in [0.5, 0.6) is 5.75 Å². The van der Waals surface area contributed by atoms with Crippen molar-refractivity contribution in [1.82, 2.24) is 15.5 Å². The second-order valence-corrected chi connectivity index (χ2v) is 7.62. The van der Waals surface area contributed by atoms with Gasteiger partial charge < -0.3 is 26.2 Å². The monoisotopic (exact) mass is 467 g/mol. The molecule has 2 aromatic rings. The van der Waals surface area contributed by atoms with Crippen molar-refractivity contribution < 1.29 is 32.6 Å². The second-order valence-electron chi connectivity index (χ2n) is 7.62. The van der Waals surface area contributed by atoms with E-state index in [0.29, 0.717) is 25.5 Å². The first kappa shape index (κ1) is 24.2. The van der Waals surface area contributed by atoms with Crippen LogP contribution in [0.4, 0.5) is 19.0 Å². The number of halogens is 3. The number of aromatic hydroxyl groups is 1. The Balaban J connectivity index is 1.85. The van der Waals surface area contributed by atoms with Gasteiger partial charge in [0.2, 0.25) is 0 Å². The molecule has 12 heteroatoms. The minimum atomic E-state index is -4.62. The number of alkyl halides is 3. The third-order valence-corrected chi connectivity index (χ3v) is 5.37. The van der Waals surface area contributed by atoms with Crippen LogP contribution >= 0.6 is 0 Å². The Labute approximate surface area is 187 Å². The molecule has 0 aliphatic carbocycles. The summed E-state index contributed by atoms with van der Waals surface area (Å²) in [6, 6.07) is 1.84. The number of anilines is 1. The Morgan fingerprint density at radius 2 is 2.03 bits per heavy atom. The maximum atomic E-state index is 12.9. The Kier molecular flexibility index (Phi) is 7.06. The number of hydrogen-bond donors (Lipinski definition) is 4. The molecule has 9 nitrogen and oxygen atoms in total. The lowest BCUT2D eigenvalue weighted by atomic mass is 9.98. The van der Waals surface area contributed by atoms with Gasteiger partial charge in [0.05, 0.1) is 17.7 Å². The number of benzene rings is 1. The van der Waals surface area contributed by atoms with E-state index >= 15 is 0 Å². The Morgan fingerprint density at radius 1 is 1.30 bits per heavy atom. The average Bonchev–Trinajstić information content (AvgIpc) is 2.74. The van der Waals surface area contributed by atoms with Crippen LogP contribution in [0.1, 0.15) is 41.3 Å².